The minimum Gasteiger partial charge on any atom is -0.308 e. The van der Waals surface area contributed by atoms with Gasteiger partial charge in [-0.3, -0.25) is 14.5 Å². The van der Waals surface area contributed by atoms with E-state index in [0.717, 1.165) is 47.8 Å². The summed E-state index contributed by atoms with van der Waals surface area (Å²) in [6.07, 6.45) is 5.17. The number of carbonyl (C=O) groups excluding carboxylic acids is 2. The molecule has 7 heteroatoms. The van der Waals surface area contributed by atoms with Gasteiger partial charge in [0.2, 0.25) is 0 Å². The highest BCUT2D eigenvalue weighted by molar-refractivity contribution is 9.10. The van der Waals surface area contributed by atoms with Crippen molar-refractivity contribution >= 4 is 67.3 Å². The number of unbranched alkanes of at least 4 members (excludes halogenated alkanes) is 3. The van der Waals surface area contributed by atoms with Crippen LogP contribution in [0.15, 0.2) is 27.6 Å². The van der Waals surface area contributed by atoms with Crippen molar-refractivity contribution < 1.29 is 9.59 Å². The predicted molar refractivity (Wildman–Crippen MR) is 120 cm³/mol. The van der Waals surface area contributed by atoms with Gasteiger partial charge in [0.25, 0.3) is 11.8 Å². The van der Waals surface area contributed by atoms with Crippen LogP contribution in [0.5, 0.6) is 0 Å². The van der Waals surface area contributed by atoms with E-state index in [2.05, 4.69) is 22.9 Å². The molecule has 2 aliphatic heterocycles. The Morgan fingerprint density at radius 2 is 1.78 bits per heavy atom. The fourth-order valence-corrected chi connectivity index (χ4v) is 5.15. The lowest BCUT2D eigenvalue weighted by molar-refractivity contribution is -0.122. The van der Waals surface area contributed by atoms with Gasteiger partial charge in [0.15, 0.2) is 0 Å². The maximum Gasteiger partial charge on any atom is 0.267 e. The summed E-state index contributed by atoms with van der Waals surface area (Å²) in [6.45, 7) is 5.46. The molecule has 4 nitrogen and oxygen atoms in total. The Bertz CT molecular complexity index is 822. The summed E-state index contributed by atoms with van der Waals surface area (Å²) in [4.78, 5) is 30.1. The third kappa shape index (κ3) is 4.00. The monoisotopic (exact) mass is 466 g/mol. The van der Waals surface area contributed by atoms with Gasteiger partial charge in [0.1, 0.15) is 4.32 Å². The molecule has 1 aromatic rings. The normalized spacial score (nSPS) is 19.4. The van der Waals surface area contributed by atoms with Gasteiger partial charge in [-0.1, -0.05) is 73.0 Å². The number of rotatable bonds is 7. The van der Waals surface area contributed by atoms with Gasteiger partial charge in [0, 0.05) is 23.1 Å². The Kier molecular flexibility index (Phi) is 6.76. The number of amides is 2. The fourth-order valence-electron chi connectivity index (χ4n) is 3.41. The maximum atomic E-state index is 13.1. The summed E-state index contributed by atoms with van der Waals surface area (Å²) >= 11 is 10.2. The maximum absolute atomic E-state index is 13.1. The van der Waals surface area contributed by atoms with Gasteiger partial charge in [-0.15, -0.1) is 0 Å². The number of anilines is 1. The van der Waals surface area contributed by atoms with E-state index in [9.17, 15) is 9.59 Å². The average molecular weight is 467 g/mol. The molecule has 2 heterocycles. The van der Waals surface area contributed by atoms with Gasteiger partial charge in [-0.05, 0) is 31.0 Å². The Labute approximate surface area is 178 Å². The molecule has 0 atom stereocenters. The minimum absolute atomic E-state index is 0.101. The number of nitrogens with zero attached hydrogens (tertiary/aromatic N) is 2. The number of carbonyl (C=O) groups is 2. The molecule has 0 unspecified atom stereocenters. The lowest BCUT2D eigenvalue weighted by Crippen LogP contribution is -2.30. The number of thioether (sulfide) groups is 1. The van der Waals surface area contributed by atoms with E-state index in [0.29, 0.717) is 27.9 Å². The first-order valence-corrected chi connectivity index (χ1v) is 11.4. The van der Waals surface area contributed by atoms with Crippen molar-refractivity contribution in [3.8, 4) is 0 Å². The van der Waals surface area contributed by atoms with Crippen molar-refractivity contribution in [3.05, 3.63) is 33.1 Å². The summed E-state index contributed by atoms with van der Waals surface area (Å²) in [6, 6.07) is 5.79. The zero-order valence-electron chi connectivity index (χ0n) is 15.6. The van der Waals surface area contributed by atoms with Crippen LogP contribution in [0.3, 0.4) is 0 Å². The van der Waals surface area contributed by atoms with Crippen molar-refractivity contribution in [1.82, 2.24) is 4.90 Å². The average Bonchev–Trinajstić information content (AvgIpc) is 3.06. The van der Waals surface area contributed by atoms with Crippen LogP contribution in [0.4, 0.5) is 5.69 Å². The van der Waals surface area contributed by atoms with E-state index in [1.165, 1.54) is 11.8 Å². The quantitative estimate of drug-likeness (QED) is 0.308. The van der Waals surface area contributed by atoms with Crippen LogP contribution in [-0.2, 0) is 9.59 Å². The third-order valence-corrected chi connectivity index (χ3v) is 6.68. The molecule has 27 heavy (non-hydrogen) atoms. The number of fused-ring (bicyclic) bond motifs is 1. The van der Waals surface area contributed by atoms with Crippen molar-refractivity contribution in [2.75, 3.05) is 18.0 Å². The van der Waals surface area contributed by atoms with Crippen LogP contribution in [-0.4, -0.2) is 34.1 Å². The molecule has 0 radical (unpaired) electrons. The molecule has 0 aliphatic carbocycles. The molecular formula is C20H23BrN2O2S2. The first kappa shape index (κ1) is 20.6. The molecular weight excluding hydrogens is 444 g/mol. The zero-order valence-corrected chi connectivity index (χ0v) is 18.8. The van der Waals surface area contributed by atoms with Crippen LogP contribution in [0.25, 0.3) is 5.57 Å². The molecule has 0 aromatic heterocycles. The SMILES string of the molecule is CCCCCCN1C(=O)C(=C2C(=O)N(CCC)c3ccc(Br)cc32)SC1=S. The standard InChI is InChI=1S/C20H23BrN2O2S2/c1-3-5-6-7-11-23-19(25)17(27-20(23)26)16-14-12-13(21)8-9-15(14)22(10-4-2)18(16)24/h8-9,12H,3-7,10-11H2,1-2H3. The smallest absolute Gasteiger partial charge is 0.267 e. The summed E-state index contributed by atoms with van der Waals surface area (Å²) < 4.78 is 1.44. The lowest BCUT2D eigenvalue weighted by atomic mass is 10.1. The Morgan fingerprint density at radius 3 is 2.48 bits per heavy atom. The molecule has 1 fully saturated rings. The van der Waals surface area contributed by atoms with Crippen LogP contribution in [0.1, 0.15) is 51.5 Å². The van der Waals surface area contributed by atoms with Gasteiger partial charge >= 0.3 is 0 Å². The number of hydrogen-bond donors (Lipinski definition) is 0. The van der Waals surface area contributed by atoms with Gasteiger partial charge < -0.3 is 4.90 Å². The Morgan fingerprint density at radius 1 is 1.00 bits per heavy atom. The molecule has 1 aromatic carbocycles. The number of halogens is 1. The fraction of sp³-hybridized carbons (Fsp3) is 0.450. The van der Waals surface area contributed by atoms with E-state index in [1.54, 1.807) is 9.80 Å². The van der Waals surface area contributed by atoms with Crippen molar-refractivity contribution in [3.63, 3.8) is 0 Å². The third-order valence-electron chi connectivity index (χ3n) is 4.74. The summed E-state index contributed by atoms with van der Waals surface area (Å²) in [5.41, 5.74) is 2.18. The summed E-state index contributed by atoms with van der Waals surface area (Å²) in [7, 11) is 0. The van der Waals surface area contributed by atoms with Crippen LogP contribution >= 0.6 is 39.9 Å². The highest BCUT2D eigenvalue weighted by atomic mass is 79.9. The summed E-state index contributed by atoms with van der Waals surface area (Å²) in [5, 5.41) is 0. The van der Waals surface area contributed by atoms with Gasteiger partial charge in [-0.2, -0.15) is 0 Å². The Hall–Kier alpha value is -1.18. The first-order valence-electron chi connectivity index (χ1n) is 9.39. The van der Waals surface area contributed by atoms with E-state index in [-0.39, 0.29) is 11.8 Å². The van der Waals surface area contributed by atoms with Gasteiger partial charge in [0.05, 0.1) is 16.2 Å². The van der Waals surface area contributed by atoms with Crippen LogP contribution in [0.2, 0.25) is 0 Å². The van der Waals surface area contributed by atoms with E-state index < -0.39 is 0 Å². The molecule has 0 N–H and O–H groups in total. The molecule has 1 saturated heterocycles. The van der Waals surface area contributed by atoms with Crippen molar-refractivity contribution in [2.24, 2.45) is 0 Å². The minimum atomic E-state index is -0.130. The van der Waals surface area contributed by atoms with Crippen LogP contribution < -0.4 is 4.90 Å². The first-order chi connectivity index (χ1) is 13.0. The second-order valence-electron chi connectivity index (χ2n) is 6.71. The second-order valence-corrected chi connectivity index (χ2v) is 9.27. The molecule has 0 saturated carbocycles. The summed E-state index contributed by atoms with van der Waals surface area (Å²) in [5.74, 6) is -0.231. The molecule has 3 rings (SSSR count). The van der Waals surface area contributed by atoms with E-state index >= 15 is 0 Å². The van der Waals surface area contributed by atoms with Gasteiger partial charge in [-0.25, -0.2) is 0 Å². The molecule has 144 valence electrons. The zero-order chi connectivity index (χ0) is 19.6. The van der Waals surface area contributed by atoms with Crippen molar-refractivity contribution in [2.45, 2.75) is 46.0 Å². The topological polar surface area (TPSA) is 40.6 Å². The van der Waals surface area contributed by atoms with Crippen molar-refractivity contribution in [1.29, 1.82) is 0 Å². The number of thiocarbonyl (C=S) groups is 1. The molecule has 2 aliphatic rings. The predicted octanol–water partition coefficient (Wildman–Crippen LogP) is 5.36. The second kappa shape index (κ2) is 8.88. The highest BCUT2D eigenvalue weighted by Gasteiger charge is 2.41. The van der Waals surface area contributed by atoms with E-state index in [4.69, 9.17) is 12.2 Å². The number of benzene rings is 1. The van der Waals surface area contributed by atoms with E-state index in [1.807, 2.05) is 25.1 Å². The largest absolute Gasteiger partial charge is 0.308 e. The molecule has 0 bridgehead atoms. The van der Waals surface area contributed by atoms with Crippen LogP contribution in [0, 0.1) is 0 Å². The Balaban J connectivity index is 1.95. The molecule has 0 spiro atoms. The number of hydrogen-bond acceptors (Lipinski definition) is 4. The molecule has 2 amide bonds. The lowest BCUT2D eigenvalue weighted by Gasteiger charge is -2.15. The highest BCUT2D eigenvalue weighted by Crippen LogP contribution is 2.45.